The molecule has 0 aliphatic heterocycles. The molecule has 1 aliphatic carbocycles. The lowest BCUT2D eigenvalue weighted by Gasteiger charge is -2.34. The molecule has 64 heavy (non-hydrogen) atoms. The molecule has 322 valence electrons. The van der Waals surface area contributed by atoms with Crippen LogP contribution in [-0.4, -0.2) is 4.57 Å². The standard InChI is InChI=1S/C62H64N2/c1-59(2,3)42-27-21-39(22-28-42)51-38-45(29-32-52(51)62(10,11)12)63(46-36-43(60(4,5)6)35-44(37-46)61(7,8)9)55-33-25-40-24-31-50-56(34-26-41-23-30-49(55)57(40)58(41)50)64-53-19-15-13-17-47(53)48-18-14-16-20-54(48)64/h13-27,29-38,42H,28H2,1-12H3. The van der Waals surface area contributed by atoms with E-state index in [0.29, 0.717) is 5.92 Å². The van der Waals surface area contributed by atoms with Crippen molar-refractivity contribution in [3.05, 3.63) is 174 Å². The second kappa shape index (κ2) is 14.7. The molecular formula is C62H64N2. The van der Waals surface area contributed by atoms with Gasteiger partial charge in [-0.3, -0.25) is 0 Å². The lowest BCUT2D eigenvalue weighted by molar-refractivity contribution is 0.294. The van der Waals surface area contributed by atoms with Gasteiger partial charge in [0.05, 0.1) is 22.4 Å². The summed E-state index contributed by atoms with van der Waals surface area (Å²) < 4.78 is 2.48. The maximum atomic E-state index is 2.57. The number of nitrogens with zero attached hydrogens (tertiary/aromatic N) is 2. The highest BCUT2D eigenvalue weighted by Gasteiger charge is 2.29. The Morgan fingerprint density at radius 2 is 1.06 bits per heavy atom. The van der Waals surface area contributed by atoms with Gasteiger partial charge < -0.3 is 9.47 Å². The summed E-state index contributed by atoms with van der Waals surface area (Å²) in [7, 11) is 0. The van der Waals surface area contributed by atoms with E-state index >= 15 is 0 Å². The zero-order chi connectivity index (χ0) is 45.1. The van der Waals surface area contributed by atoms with Gasteiger partial charge in [0, 0.05) is 32.9 Å². The molecule has 0 saturated heterocycles. The van der Waals surface area contributed by atoms with E-state index in [1.54, 1.807) is 0 Å². The van der Waals surface area contributed by atoms with Crippen LogP contribution in [0.5, 0.6) is 0 Å². The van der Waals surface area contributed by atoms with E-state index < -0.39 is 0 Å². The SMILES string of the molecule is CC(C)(C)c1cc(N(c2ccc(C(C)(C)C)c(C3=CCC(C(C)(C)C)C=C3)c2)c2ccc3ccc4c(-n5c6ccccc6c6ccccc65)ccc5ccc2c3c54)cc(C(C)(C)C)c1. The Morgan fingerprint density at radius 1 is 0.500 bits per heavy atom. The minimum Gasteiger partial charge on any atom is -0.310 e. The van der Waals surface area contributed by atoms with Crippen molar-refractivity contribution in [2.75, 3.05) is 4.90 Å². The summed E-state index contributed by atoms with van der Waals surface area (Å²) in [6, 6.07) is 51.2. The molecule has 1 atom stereocenters. The summed E-state index contributed by atoms with van der Waals surface area (Å²) in [5, 5.41) is 10.2. The minimum atomic E-state index is -0.0455. The van der Waals surface area contributed by atoms with Crippen LogP contribution in [0.4, 0.5) is 17.1 Å². The summed E-state index contributed by atoms with van der Waals surface area (Å²) >= 11 is 0. The van der Waals surface area contributed by atoms with Crippen LogP contribution in [0.2, 0.25) is 0 Å². The fraction of sp³-hybridized carbons (Fsp3) is 0.290. The highest BCUT2D eigenvalue weighted by Crippen LogP contribution is 2.49. The number of allylic oxidation sites excluding steroid dienone is 4. The number of rotatable bonds is 5. The predicted molar refractivity (Wildman–Crippen MR) is 280 cm³/mol. The Labute approximate surface area is 381 Å². The van der Waals surface area contributed by atoms with Crippen molar-refractivity contribution in [3.63, 3.8) is 0 Å². The topological polar surface area (TPSA) is 8.17 Å². The monoisotopic (exact) mass is 837 g/mol. The molecule has 1 aliphatic rings. The van der Waals surface area contributed by atoms with Crippen molar-refractivity contribution in [2.24, 2.45) is 11.3 Å². The van der Waals surface area contributed by atoms with Crippen molar-refractivity contribution >= 4 is 76.8 Å². The van der Waals surface area contributed by atoms with E-state index in [2.05, 4.69) is 244 Å². The number of hydrogen-bond donors (Lipinski definition) is 0. The average Bonchev–Trinajstić information content (AvgIpc) is 3.59. The number of para-hydroxylation sites is 2. The molecule has 1 unspecified atom stereocenters. The van der Waals surface area contributed by atoms with E-state index in [1.165, 1.54) is 105 Å². The lowest BCUT2D eigenvalue weighted by Crippen LogP contribution is -2.20. The van der Waals surface area contributed by atoms with Crippen LogP contribution in [0.1, 0.15) is 112 Å². The predicted octanol–water partition coefficient (Wildman–Crippen LogP) is 18.0. The molecule has 0 bridgehead atoms. The molecule has 0 radical (unpaired) electrons. The number of anilines is 3. The highest BCUT2D eigenvalue weighted by molar-refractivity contribution is 6.27. The lowest BCUT2D eigenvalue weighted by atomic mass is 9.74. The fourth-order valence-corrected chi connectivity index (χ4v) is 10.4. The van der Waals surface area contributed by atoms with Crippen LogP contribution in [0.15, 0.2) is 152 Å². The van der Waals surface area contributed by atoms with E-state index in [0.717, 1.165) is 6.42 Å². The van der Waals surface area contributed by atoms with Crippen LogP contribution >= 0.6 is 0 Å². The maximum absolute atomic E-state index is 2.57. The van der Waals surface area contributed by atoms with E-state index in [9.17, 15) is 0 Å². The van der Waals surface area contributed by atoms with E-state index in [4.69, 9.17) is 0 Å². The van der Waals surface area contributed by atoms with Gasteiger partial charge in [0.15, 0.2) is 0 Å². The first-order valence-electron chi connectivity index (χ1n) is 23.5. The number of hydrogen-bond acceptors (Lipinski definition) is 1. The van der Waals surface area contributed by atoms with Crippen LogP contribution < -0.4 is 4.90 Å². The Balaban J connectivity index is 1.26. The van der Waals surface area contributed by atoms with Crippen molar-refractivity contribution in [1.82, 2.24) is 4.57 Å². The van der Waals surface area contributed by atoms with Crippen LogP contribution in [0.3, 0.4) is 0 Å². The largest absolute Gasteiger partial charge is 0.310 e. The third-order valence-corrected chi connectivity index (χ3v) is 14.2. The summed E-state index contributed by atoms with van der Waals surface area (Å²) in [5.74, 6) is 0.512. The fourth-order valence-electron chi connectivity index (χ4n) is 10.4. The van der Waals surface area contributed by atoms with Crippen molar-refractivity contribution in [3.8, 4) is 5.69 Å². The normalized spacial score (nSPS) is 15.3. The van der Waals surface area contributed by atoms with Gasteiger partial charge in [0.2, 0.25) is 0 Å². The van der Waals surface area contributed by atoms with E-state index in [-0.39, 0.29) is 21.7 Å². The van der Waals surface area contributed by atoms with Crippen LogP contribution in [-0.2, 0) is 16.2 Å². The molecule has 0 saturated carbocycles. The van der Waals surface area contributed by atoms with Gasteiger partial charge >= 0.3 is 0 Å². The van der Waals surface area contributed by atoms with Gasteiger partial charge in [-0.15, -0.1) is 0 Å². The Morgan fingerprint density at radius 3 is 1.62 bits per heavy atom. The minimum absolute atomic E-state index is 0.0408. The van der Waals surface area contributed by atoms with Crippen molar-refractivity contribution < 1.29 is 0 Å². The zero-order valence-corrected chi connectivity index (χ0v) is 40.1. The van der Waals surface area contributed by atoms with Crippen LogP contribution in [0.25, 0.3) is 65.4 Å². The van der Waals surface area contributed by atoms with Gasteiger partial charge in [-0.1, -0.05) is 186 Å². The molecular weight excluding hydrogens is 773 g/mol. The van der Waals surface area contributed by atoms with Gasteiger partial charge in [0.1, 0.15) is 0 Å². The summed E-state index contributed by atoms with van der Waals surface area (Å²) in [6.45, 7) is 28.2. The first-order valence-corrected chi connectivity index (χ1v) is 23.5. The molecule has 10 rings (SSSR count). The highest BCUT2D eigenvalue weighted by atomic mass is 15.1. The second-order valence-electron chi connectivity index (χ2n) is 22.8. The number of fused-ring (bicyclic) bond motifs is 3. The second-order valence-corrected chi connectivity index (χ2v) is 22.8. The summed E-state index contributed by atoms with van der Waals surface area (Å²) in [4.78, 5) is 2.57. The molecule has 0 fully saturated rings. The van der Waals surface area contributed by atoms with Gasteiger partial charge in [-0.2, -0.15) is 0 Å². The quantitative estimate of drug-likeness (QED) is 0.157. The first-order chi connectivity index (χ1) is 30.3. The molecule has 0 N–H and O–H groups in total. The third-order valence-electron chi connectivity index (χ3n) is 14.2. The Hall–Kier alpha value is -6.12. The molecule has 1 heterocycles. The van der Waals surface area contributed by atoms with Gasteiger partial charge in [-0.25, -0.2) is 0 Å². The molecule has 2 nitrogen and oxygen atoms in total. The molecule has 9 aromatic rings. The average molecular weight is 837 g/mol. The maximum Gasteiger partial charge on any atom is 0.0541 e. The van der Waals surface area contributed by atoms with Crippen molar-refractivity contribution in [1.29, 1.82) is 0 Å². The van der Waals surface area contributed by atoms with Crippen molar-refractivity contribution in [2.45, 2.75) is 106 Å². The number of aromatic nitrogens is 1. The number of benzene rings is 8. The summed E-state index contributed by atoms with van der Waals surface area (Å²) in [6.07, 6.45) is 8.41. The van der Waals surface area contributed by atoms with Gasteiger partial charge in [0.25, 0.3) is 0 Å². The Kier molecular flexibility index (Phi) is 9.62. The molecule has 0 spiro atoms. The van der Waals surface area contributed by atoms with Gasteiger partial charge in [-0.05, 0) is 132 Å². The molecule has 1 aromatic heterocycles. The third kappa shape index (κ3) is 7.02. The first kappa shape index (κ1) is 41.9. The molecule has 2 heteroatoms. The zero-order valence-electron chi connectivity index (χ0n) is 40.1. The smallest absolute Gasteiger partial charge is 0.0541 e. The Bertz CT molecular complexity index is 3250. The van der Waals surface area contributed by atoms with E-state index in [1.807, 2.05) is 0 Å². The molecule has 8 aromatic carbocycles. The summed E-state index contributed by atoms with van der Waals surface area (Å²) in [5.41, 5.74) is 14.0. The van der Waals surface area contributed by atoms with Crippen LogP contribution in [0, 0.1) is 11.3 Å². The molecule has 0 amide bonds.